The predicted octanol–water partition coefficient (Wildman–Crippen LogP) is 7.31. The second kappa shape index (κ2) is 10.6. The molecule has 1 aromatic heterocycles. The lowest BCUT2D eigenvalue weighted by molar-refractivity contribution is 0.257. The molecular weight excluding hydrogens is 418 g/mol. The molecule has 32 heavy (non-hydrogen) atoms. The fraction of sp³-hybridized carbons (Fsp3) is 0.385. The zero-order chi connectivity index (χ0) is 22.3. The number of thiazole rings is 1. The van der Waals surface area contributed by atoms with Crippen molar-refractivity contribution in [1.82, 2.24) is 4.98 Å². The Bertz CT molecular complexity index is 1030. The number of benzene rings is 2. The summed E-state index contributed by atoms with van der Waals surface area (Å²) < 4.78 is 5.63. The van der Waals surface area contributed by atoms with E-state index in [0.717, 1.165) is 11.3 Å². The smallest absolute Gasteiger partial charge is 0.328 e. The van der Waals surface area contributed by atoms with Crippen LogP contribution in [0.1, 0.15) is 57.4 Å². The van der Waals surface area contributed by atoms with E-state index in [4.69, 9.17) is 9.72 Å². The average Bonchev–Trinajstić information content (AvgIpc) is 3.31. The standard InChI is InChI=1S/C26H31N3O2S/c1-3-29(25(30)27-22-12-8-9-13-24(22)31-4-2)26-28-23(18-32-26)21-16-14-20(15-17-21)19-10-6-5-7-11-19/h8-9,12-19H,3-7,10-11H2,1-2H3,(H,27,30). The summed E-state index contributed by atoms with van der Waals surface area (Å²) in [6, 6.07) is 16.1. The zero-order valence-corrected chi connectivity index (χ0v) is 19.7. The van der Waals surface area contributed by atoms with Crippen molar-refractivity contribution in [3.05, 3.63) is 59.5 Å². The molecule has 2 aromatic carbocycles. The Morgan fingerprint density at radius 1 is 1.09 bits per heavy atom. The molecule has 0 radical (unpaired) electrons. The van der Waals surface area contributed by atoms with Gasteiger partial charge in [-0.1, -0.05) is 55.7 Å². The molecule has 2 amide bonds. The summed E-state index contributed by atoms with van der Waals surface area (Å²) in [7, 11) is 0. The lowest BCUT2D eigenvalue weighted by Crippen LogP contribution is -2.34. The topological polar surface area (TPSA) is 54.5 Å². The van der Waals surface area contributed by atoms with E-state index >= 15 is 0 Å². The highest BCUT2D eigenvalue weighted by atomic mass is 32.1. The summed E-state index contributed by atoms with van der Waals surface area (Å²) in [5, 5.41) is 5.67. The normalized spacial score (nSPS) is 14.2. The molecule has 0 aliphatic heterocycles. The van der Waals surface area contributed by atoms with Crippen LogP contribution in [0.5, 0.6) is 5.75 Å². The fourth-order valence-electron chi connectivity index (χ4n) is 4.28. The van der Waals surface area contributed by atoms with Crippen molar-refractivity contribution < 1.29 is 9.53 Å². The average molecular weight is 450 g/mol. The van der Waals surface area contributed by atoms with Gasteiger partial charge >= 0.3 is 6.03 Å². The molecule has 1 fully saturated rings. The largest absolute Gasteiger partial charge is 0.492 e. The van der Waals surface area contributed by atoms with Crippen LogP contribution in [0.15, 0.2) is 53.9 Å². The lowest BCUT2D eigenvalue weighted by atomic mass is 9.84. The monoisotopic (exact) mass is 449 g/mol. The van der Waals surface area contributed by atoms with Crippen LogP contribution >= 0.6 is 11.3 Å². The maximum Gasteiger partial charge on any atom is 0.328 e. The third-order valence-electron chi connectivity index (χ3n) is 6.00. The second-order valence-corrected chi connectivity index (χ2v) is 8.91. The fourth-order valence-corrected chi connectivity index (χ4v) is 5.18. The Kier molecular flexibility index (Phi) is 7.43. The molecule has 4 rings (SSSR count). The van der Waals surface area contributed by atoms with Crippen molar-refractivity contribution >= 4 is 28.2 Å². The summed E-state index contributed by atoms with van der Waals surface area (Å²) in [5.41, 5.74) is 4.09. The van der Waals surface area contributed by atoms with Crippen LogP contribution in [0.3, 0.4) is 0 Å². The van der Waals surface area contributed by atoms with Crippen LogP contribution in [0.25, 0.3) is 11.3 Å². The van der Waals surface area contributed by atoms with Gasteiger partial charge in [0.2, 0.25) is 0 Å². The Balaban J connectivity index is 1.47. The molecule has 1 aliphatic rings. The molecule has 1 heterocycles. The van der Waals surface area contributed by atoms with Crippen molar-refractivity contribution in [3.63, 3.8) is 0 Å². The maximum atomic E-state index is 13.0. The van der Waals surface area contributed by atoms with Crippen molar-refractivity contribution in [3.8, 4) is 17.0 Å². The predicted molar refractivity (Wildman–Crippen MR) is 133 cm³/mol. The Morgan fingerprint density at radius 2 is 1.84 bits per heavy atom. The van der Waals surface area contributed by atoms with Crippen molar-refractivity contribution in [2.75, 3.05) is 23.4 Å². The SMILES string of the molecule is CCOc1ccccc1NC(=O)N(CC)c1nc(-c2ccc(C3CCCCC3)cc2)cs1. The number of para-hydroxylation sites is 2. The van der Waals surface area contributed by atoms with Crippen LogP contribution in [0.4, 0.5) is 15.6 Å². The molecule has 5 nitrogen and oxygen atoms in total. The number of nitrogens with one attached hydrogen (secondary N) is 1. The van der Waals surface area contributed by atoms with Gasteiger partial charge in [-0.25, -0.2) is 9.78 Å². The van der Waals surface area contributed by atoms with Gasteiger partial charge in [-0.15, -0.1) is 11.3 Å². The summed E-state index contributed by atoms with van der Waals surface area (Å²) in [5.74, 6) is 1.36. The Morgan fingerprint density at radius 3 is 2.56 bits per heavy atom. The number of anilines is 2. The van der Waals surface area contributed by atoms with E-state index in [0.29, 0.717) is 35.6 Å². The van der Waals surface area contributed by atoms with E-state index in [9.17, 15) is 4.79 Å². The number of nitrogens with zero attached hydrogens (tertiary/aromatic N) is 2. The van der Waals surface area contributed by atoms with Gasteiger partial charge in [0, 0.05) is 17.5 Å². The van der Waals surface area contributed by atoms with E-state index < -0.39 is 0 Å². The molecule has 0 bridgehead atoms. The highest BCUT2D eigenvalue weighted by molar-refractivity contribution is 7.14. The van der Waals surface area contributed by atoms with Gasteiger partial charge in [0.05, 0.1) is 18.0 Å². The summed E-state index contributed by atoms with van der Waals surface area (Å²) in [6.07, 6.45) is 6.65. The molecule has 3 aromatic rings. The first kappa shape index (κ1) is 22.3. The van der Waals surface area contributed by atoms with Crippen molar-refractivity contribution in [1.29, 1.82) is 0 Å². The van der Waals surface area contributed by atoms with Gasteiger partial charge in [0.1, 0.15) is 5.75 Å². The minimum atomic E-state index is -0.215. The zero-order valence-electron chi connectivity index (χ0n) is 18.8. The molecular formula is C26H31N3O2S. The lowest BCUT2D eigenvalue weighted by Gasteiger charge is -2.22. The number of carbonyl (C=O) groups is 1. The maximum absolute atomic E-state index is 13.0. The third-order valence-corrected chi connectivity index (χ3v) is 6.86. The quantitative estimate of drug-likeness (QED) is 0.411. The molecule has 0 unspecified atom stereocenters. The molecule has 0 atom stereocenters. The van der Waals surface area contributed by atoms with Crippen LogP contribution < -0.4 is 15.0 Å². The molecule has 1 aliphatic carbocycles. The molecule has 1 N–H and O–H groups in total. The number of hydrogen-bond donors (Lipinski definition) is 1. The Hall–Kier alpha value is -2.86. The van der Waals surface area contributed by atoms with Gasteiger partial charge in [-0.2, -0.15) is 0 Å². The highest BCUT2D eigenvalue weighted by Gasteiger charge is 2.20. The minimum absolute atomic E-state index is 0.215. The van der Waals surface area contributed by atoms with Gasteiger partial charge in [0.25, 0.3) is 0 Å². The molecule has 0 saturated heterocycles. The summed E-state index contributed by atoms with van der Waals surface area (Å²) in [4.78, 5) is 19.4. The third kappa shape index (κ3) is 5.13. The van der Waals surface area contributed by atoms with Crippen LogP contribution in [-0.4, -0.2) is 24.2 Å². The van der Waals surface area contributed by atoms with Gasteiger partial charge in [-0.3, -0.25) is 4.90 Å². The second-order valence-electron chi connectivity index (χ2n) is 8.08. The van der Waals surface area contributed by atoms with Crippen LogP contribution in [0.2, 0.25) is 0 Å². The number of aromatic nitrogens is 1. The molecule has 168 valence electrons. The van der Waals surface area contributed by atoms with E-state index in [1.165, 1.54) is 49.0 Å². The van der Waals surface area contributed by atoms with E-state index in [1.807, 2.05) is 43.5 Å². The number of hydrogen-bond acceptors (Lipinski definition) is 4. The first-order valence-corrected chi connectivity index (χ1v) is 12.4. The Labute approximate surface area is 194 Å². The van der Waals surface area contributed by atoms with E-state index in [-0.39, 0.29) is 6.03 Å². The van der Waals surface area contributed by atoms with Crippen molar-refractivity contribution in [2.45, 2.75) is 51.9 Å². The van der Waals surface area contributed by atoms with E-state index in [1.54, 1.807) is 4.90 Å². The van der Waals surface area contributed by atoms with Crippen LogP contribution in [-0.2, 0) is 0 Å². The van der Waals surface area contributed by atoms with Gasteiger partial charge in [0.15, 0.2) is 5.13 Å². The summed E-state index contributed by atoms with van der Waals surface area (Å²) in [6.45, 7) is 4.94. The number of urea groups is 1. The van der Waals surface area contributed by atoms with Crippen LogP contribution in [0, 0.1) is 0 Å². The van der Waals surface area contributed by atoms with Crippen molar-refractivity contribution in [2.24, 2.45) is 0 Å². The minimum Gasteiger partial charge on any atom is -0.492 e. The molecule has 6 heteroatoms. The molecule has 0 spiro atoms. The number of carbonyl (C=O) groups excluding carboxylic acids is 1. The molecule has 1 saturated carbocycles. The number of amides is 2. The first-order valence-electron chi connectivity index (χ1n) is 11.6. The number of rotatable bonds is 7. The summed E-state index contributed by atoms with van der Waals surface area (Å²) >= 11 is 1.49. The number of ether oxygens (including phenoxy) is 1. The van der Waals surface area contributed by atoms with E-state index in [2.05, 4.69) is 29.6 Å². The van der Waals surface area contributed by atoms with Gasteiger partial charge in [-0.05, 0) is 50.3 Å². The van der Waals surface area contributed by atoms with Gasteiger partial charge < -0.3 is 10.1 Å². The highest BCUT2D eigenvalue weighted by Crippen LogP contribution is 2.34. The first-order chi connectivity index (χ1) is 15.7.